The molecule has 0 heterocycles. The van der Waals surface area contributed by atoms with Crippen molar-refractivity contribution in [2.45, 2.75) is 26.9 Å². The van der Waals surface area contributed by atoms with Crippen LogP contribution in [0.25, 0.3) is 10.8 Å². The average Bonchev–Trinajstić information content (AvgIpc) is 2.73. The van der Waals surface area contributed by atoms with E-state index < -0.39 is 12.1 Å². The first kappa shape index (κ1) is 20.3. The van der Waals surface area contributed by atoms with Crippen molar-refractivity contribution in [1.29, 1.82) is 0 Å². The van der Waals surface area contributed by atoms with Gasteiger partial charge >= 0.3 is 5.97 Å². The fourth-order valence-corrected chi connectivity index (χ4v) is 3.01. The van der Waals surface area contributed by atoms with Crippen molar-refractivity contribution >= 4 is 28.4 Å². The lowest BCUT2D eigenvalue weighted by atomic mass is 10.0. The summed E-state index contributed by atoms with van der Waals surface area (Å²) in [6, 6.07) is 18.4. The SMILES string of the molecule is Cc1ccc(C(=O)[C@@H](C)OC(=O)CNC(=O)c2ccc3ccccc3c2)cc1C. The van der Waals surface area contributed by atoms with E-state index in [1.807, 2.05) is 50.2 Å². The first-order valence-electron chi connectivity index (χ1n) is 9.43. The topological polar surface area (TPSA) is 72.5 Å². The molecule has 0 unspecified atom stereocenters. The number of carbonyl (C=O) groups excluding carboxylic acids is 3. The van der Waals surface area contributed by atoms with Gasteiger partial charge in [-0.15, -0.1) is 0 Å². The van der Waals surface area contributed by atoms with Gasteiger partial charge in [0.2, 0.25) is 5.78 Å². The van der Waals surface area contributed by atoms with Crippen molar-refractivity contribution in [2.75, 3.05) is 6.54 Å². The molecular formula is C24H23NO4. The molecule has 0 fully saturated rings. The molecule has 1 atom stereocenters. The molecule has 0 aliphatic carbocycles. The first-order valence-corrected chi connectivity index (χ1v) is 9.43. The minimum Gasteiger partial charge on any atom is -0.453 e. The van der Waals surface area contributed by atoms with Gasteiger partial charge in [0.15, 0.2) is 6.10 Å². The second-order valence-corrected chi connectivity index (χ2v) is 7.04. The Morgan fingerprint density at radius 1 is 0.862 bits per heavy atom. The Bertz CT molecular complexity index is 1090. The molecule has 5 nitrogen and oxygen atoms in total. The van der Waals surface area contributed by atoms with Gasteiger partial charge in [0.1, 0.15) is 6.54 Å². The molecule has 1 N–H and O–H groups in total. The third-order valence-corrected chi connectivity index (χ3v) is 4.87. The van der Waals surface area contributed by atoms with E-state index in [1.165, 1.54) is 6.92 Å². The highest BCUT2D eigenvalue weighted by atomic mass is 16.5. The number of rotatable bonds is 6. The van der Waals surface area contributed by atoms with Crippen LogP contribution in [0.2, 0.25) is 0 Å². The molecule has 0 saturated carbocycles. The number of nitrogens with one attached hydrogen (secondary N) is 1. The van der Waals surface area contributed by atoms with Crippen molar-refractivity contribution in [3.05, 3.63) is 82.9 Å². The maximum atomic E-state index is 12.5. The van der Waals surface area contributed by atoms with Gasteiger partial charge in [-0.1, -0.05) is 42.5 Å². The van der Waals surface area contributed by atoms with E-state index in [-0.39, 0.29) is 18.2 Å². The highest BCUT2D eigenvalue weighted by Gasteiger charge is 2.20. The van der Waals surface area contributed by atoms with Crippen LogP contribution in [-0.2, 0) is 9.53 Å². The maximum Gasteiger partial charge on any atom is 0.326 e. The van der Waals surface area contributed by atoms with E-state index in [9.17, 15) is 14.4 Å². The van der Waals surface area contributed by atoms with E-state index in [0.29, 0.717) is 11.1 Å². The number of carbonyl (C=O) groups is 3. The zero-order chi connectivity index (χ0) is 21.0. The van der Waals surface area contributed by atoms with E-state index >= 15 is 0 Å². The zero-order valence-electron chi connectivity index (χ0n) is 16.7. The summed E-state index contributed by atoms with van der Waals surface area (Å²) in [6.45, 7) is 5.10. The number of esters is 1. The summed E-state index contributed by atoms with van der Waals surface area (Å²) < 4.78 is 5.19. The minimum atomic E-state index is -0.929. The molecule has 3 rings (SSSR count). The monoisotopic (exact) mass is 389 g/mol. The van der Waals surface area contributed by atoms with Gasteiger partial charge in [-0.3, -0.25) is 14.4 Å². The van der Waals surface area contributed by atoms with Crippen LogP contribution in [0.4, 0.5) is 0 Å². The number of ketones is 1. The van der Waals surface area contributed by atoms with Gasteiger partial charge in [-0.05, 0) is 60.9 Å². The van der Waals surface area contributed by atoms with Gasteiger partial charge in [-0.2, -0.15) is 0 Å². The molecular weight excluding hydrogens is 366 g/mol. The Hall–Kier alpha value is -3.47. The minimum absolute atomic E-state index is 0.276. The normalized spacial score (nSPS) is 11.7. The summed E-state index contributed by atoms with van der Waals surface area (Å²) in [4.78, 5) is 36.8. The summed E-state index contributed by atoms with van der Waals surface area (Å²) in [7, 11) is 0. The molecule has 0 aromatic heterocycles. The van der Waals surface area contributed by atoms with Crippen LogP contribution in [0.3, 0.4) is 0 Å². The number of ether oxygens (including phenoxy) is 1. The van der Waals surface area contributed by atoms with Crippen LogP contribution < -0.4 is 5.32 Å². The van der Waals surface area contributed by atoms with Gasteiger partial charge in [0.25, 0.3) is 5.91 Å². The van der Waals surface area contributed by atoms with Gasteiger partial charge < -0.3 is 10.1 Å². The molecule has 3 aromatic carbocycles. The molecule has 1 amide bonds. The lowest BCUT2D eigenvalue weighted by molar-refractivity contribution is -0.145. The molecule has 0 bridgehead atoms. The Balaban J connectivity index is 1.56. The van der Waals surface area contributed by atoms with Crippen molar-refractivity contribution in [2.24, 2.45) is 0 Å². The largest absolute Gasteiger partial charge is 0.453 e. The molecule has 148 valence electrons. The zero-order valence-corrected chi connectivity index (χ0v) is 16.7. The first-order chi connectivity index (χ1) is 13.8. The number of aryl methyl sites for hydroxylation is 2. The fraction of sp³-hybridized carbons (Fsp3) is 0.208. The van der Waals surface area contributed by atoms with Crippen molar-refractivity contribution in [3.63, 3.8) is 0 Å². The van der Waals surface area contributed by atoms with E-state index in [4.69, 9.17) is 4.74 Å². The van der Waals surface area contributed by atoms with Crippen LogP contribution >= 0.6 is 0 Å². The summed E-state index contributed by atoms with van der Waals surface area (Å²) in [6.07, 6.45) is -0.929. The Morgan fingerprint density at radius 3 is 2.28 bits per heavy atom. The second-order valence-electron chi connectivity index (χ2n) is 7.04. The Labute approximate surface area is 169 Å². The third-order valence-electron chi connectivity index (χ3n) is 4.87. The predicted molar refractivity (Wildman–Crippen MR) is 112 cm³/mol. The molecule has 5 heteroatoms. The fourth-order valence-electron chi connectivity index (χ4n) is 3.01. The molecule has 0 aliphatic rings. The molecule has 29 heavy (non-hydrogen) atoms. The summed E-state index contributed by atoms with van der Waals surface area (Å²) in [5, 5.41) is 4.51. The van der Waals surface area contributed by atoms with Crippen molar-refractivity contribution < 1.29 is 19.1 Å². The van der Waals surface area contributed by atoms with Gasteiger partial charge in [0.05, 0.1) is 0 Å². The van der Waals surface area contributed by atoms with Crippen LogP contribution in [-0.4, -0.2) is 30.3 Å². The second kappa shape index (κ2) is 8.69. The number of fused-ring (bicyclic) bond motifs is 1. The molecule has 0 aliphatic heterocycles. The molecule has 0 radical (unpaired) electrons. The van der Waals surface area contributed by atoms with Crippen LogP contribution in [0.15, 0.2) is 60.7 Å². The number of hydrogen-bond donors (Lipinski definition) is 1. The summed E-state index contributed by atoms with van der Waals surface area (Å²) >= 11 is 0. The van der Waals surface area contributed by atoms with E-state index in [2.05, 4.69) is 5.32 Å². The predicted octanol–water partition coefficient (Wildman–Crippen LogP) is 4.00. The standard InChI is InChI=1S/C24H23NO4/c1-15-8-9-20(12-16(15)2)23(27)17(3)29-22(26)14-25-24(28)21-11-10-18-6-4-5-7-19(18)13-21/h4-13,17H,14H2,1-3H3,(H,25,28)/t17-/m1/s1. The number of Topliss-reactive ketones (excluding diaryl/α,β-unsaturated/α-hetero) is 1. The van der Waals surface area contributed by atoms with Crippen molar-refractivity contribution in [1.82, 2.24) is 5.32 Å². The summed E-state index contributed by atoms with van der Waals surface area (Å²) in [5.74, 6) is -1.31. The third kappa shape index (κ3) is 4.88. The maximum absolute atomic E-state index is 12.5. The number of benzene rings is 3. The quantitative estimate of drug-likeness (QED) is 0.511. The van der Waals surface area contributed by atoms with Crippen LogP contribution in [0, 0.1) is 13.8 Å². The molecule has 0 spiro atoms. The smallest absolute Gasteiger partial charge is 0.326 e. The number of hydrogen-bond acceptors (Lipinski definition) is 4. The average molecular weight is 389 g/mol. The van der Waals surface area contributed by atoms with Crippen LogP contribution in [0.1, 0.15) is 38.8 Å². The van der Waals surface area contributed by atoms with Crippen molar-refractivity contribution in [3.8, 4) is 0 Å². The Morgan fingerprint density at radius 2 is 1.55 bits per heavy atom. The van der Waals surface area contributed by atoms with E-state index in [0.717, 1.165) is 21.9 Å². The number of amides is 1. The molecule has 0 saturated heterocycles. The Kier molecular flexibility index (Phi) is 6.07. The lowest BCUT2D eigenvalue weighted by Gasteiger charge is -2.13. The van der Waals surface area contributed by atoms with Gasteiger partial charge in [-0.25, -0.2) is 0 Å². The molecule has 3 aromatic rings. The lowest BCUT2D eigenvalue weighted by Crippen LogP contribution is -2.34. The highest BCUT2D eigenvalue weighted by molar-refractivity contribution is 6.01. The summed E-state index contributed by atoms with van der Waals surface area (Å²) in [5.41, 5.74) is 3.03. The van der Waals surface area contributed by atoms with Gasteiger partial charge in [0, 0.05) is 11.1 Å². The van der Waals surface area contributed by atoms with E-state index in [1.54, 1.807) is 24.3 Å². The highest BCUT2D eigenvalue weighted by Crippen LogP contribution is 2.16. The van der Waals surface area contributed by atoms with Crippen LogP contribution in [0.5, 0.6) is 0 Å².